The predicted octanol–water partition coefficient (Wildman–Crippen LogP) is 4.37. The molecule has 4 aromatic carbocycles. The summed E-state index contributed by atoms with van der Waals surface area (Å²) in [5.41, 5.74) is 9.85. The summed E-state index contributed by atoms with van der Waals surface area (Å²) in [7, 11) is 0. The van der Waals surface area contributed by atoms with E-state index in [1.165, 1.54) is 6.07 Å². The molecule has 0 radical (unpaired) electrons. The first-order chi connectivity index (χ1) is 21.9. The molecule has 0 bridgehead atoms. The Morgan fingerprint density at radius 1 is 0.783 bits per heavy atom. The molecule has 0 amide bonds. The minimum Gasteiger partial charge on any atom is -0.508 e. The van der Waals surface area contributed by atoms with Gasteiger partial charge in [-0.2, -0.15) is 0 Å². The maximum Gasteiger partial charge on any atom is 0.229 e. The van der Waals surface area contributed by atoms with E-state index in [2.05, 4.69) is 26.0 Å². The number of aliphatic hydroxyl groups excluding tert-OH is 3. The molecule has 0 aliphatic carbocycles. The molecule has 1 aliphatic rings. The molecule has 10 nitrogen and oxygen atoms in total. The van der Waals surface area contributed by atoms with Crippen molar-refractivity contribution in [2.24, 2.45) is 5.73 Å². The monoisotopic (exact) mass is 628 g/mol. The van der Waals surface area contributed by atoms with Crippen molar-refractivity contribution in [2.45, 2.75) is 70.1 Å². The van der Waals surface area contributed by atoms with Crippen LogP contribution in [0.5, 0.6) is 23.0 Å². The van der Waals surface area contributed by atoms with Gasteiger partial charge in [-0.1, -0.05) is 56.3 Å². The second-order valence-electron chi connectivity index (χ2n) is 12.0. The van der Waals surface area contributed by atoms with Gasteiger partial charge in [0.15, 0.2) is 0 Å². The zero-order valence-corrected chi connectivity index (χ0v) is 26.0. The number of phenolic OH excluding ortho intramolecular Hbond substituents is 1. The van der Waals surface area contributed by atoms with Crippen LogP contribution in [0.3, 0.4) is 0 Å². The summed E-state index contributed by atoms with van der Waals surface area (Å²) in [6, 6.07) is 27.9. The third-order valence-electron chi connectivity index (χ3n) is 8.26. The Hall–Kier alpha value is -4.61. The van der Waals surface area contributed by atoms with Crippen LogP contribution < -0.4 is 19.9 Å². The Morgan fingerprint density at radius 2 is 1.35 bits per heavy atom. The van der Waals surface area contributed by atoms with Crippen LogP contribution >= 0.6 is 0 Å². The summed E-state index contributed by atoms with van der Waals surface area (Å²) in [5, 5.41) is 48.1. The number of aliphatic hydroxyl groups is 3. The molecule has 1 heterocycles. The van der Waals surface area contributed by atoms with Gasteiger partial charge in [-0.3, -0.25) is 5.41 Å². The van der Waals surface area contributed by atoms with E-state index in [-0.39, 0.29) is 34.9 Å². The lowest BCUT2D eigenvalue weighted by atomic mass is 9.78. The number of rotatable bonds is 11. The molecular formula is C36H40N2O8. The van der Waals surface area contributed by atoms with E-state index in [1.807, 2.05) is 48.5 Å². The zero-order valence-electron chi connectivity index (χ0n) is 26.0. The van der Waals surface area contributed by atoms with Gasteiger partial charge >= 0.3 is 0 Å². The molecule has 0 aromatic heterocycles. The van der Waals surface area contributed by atoms with Crippen molar-refractivity contribution in [2.75, 3.05) is 0 Å². The highest BCUT2D eigenvalue weighted by Gasteiger charge is 2.43. The number of hydrogen-bond donors (Lipinski definition) is 6. The molecular weight excluding hydrogens is 588 g/mol. The Bertz CT molecular complexity index is 1640. The van der Waals surface area contributed by atoms with Gasteiger partial charge in [0.2, 0.25) is 6.29 Å². The number of amidine groups is 1. The first-order valence-corrected chi connectivity index (χ1v) is 15.0. The first kappa shape index (κ1) is 32.8. The lowest BCUT2D eigenvalue weighted by Gasteiger charge is -2.39. The second kappa shape index (κ2) is 13.8. The van der Waals surface area contributed by atoms with Crippen molar-refractivity contribution in [1.29, 1.82) is 5.41 Å². The summed E-state index contributed by atoms with van der Waals surface area (Å²) in [5.74, 6) is 1.28. The Labute approximate surface area is 268 Å². The van der Waals surface area contributed by atoms with Gasteiger partial charge in [0.1, 0.15) is 60.4 Å². The largest absolute Gasteiger partial charge is 0.508 e. The molecule has 242 valence electrons. The molecule has 0 saturated carbocycles. The highest BCUT2D eigenvalue weighted by Crippen LogP contribution is 2.34. The SMILES string of the molecule is C[C@H]1OC(Oc2cc(OCc3cccc(COc4ccc(C(C)(C)c5ccc(O)cc5)cc4)c3)ccc2C(=N)N)[C@H](O)[C@@H](O)[C@@H]1O. The van der Waals surface area contributed by atoms with Crippen LogP contribution in [0.2, 0.25) is 0 Å². The quantitative estimate of drug-likeness (QED) is 0.104. The van der Waals surface area contributed by atoms with E-state index in [4.69, 9.17) is 30.1 Å². The van der Waals surface area contributed by atoms with Crippen LogP contribution in [0.4, 0.5) is 0 Å². The molecule has 4 aromatic rings. The molecule has 5 atom stereocenters. The molecule has 1 saturated heterocycles. The van der Waals surface area contributed by atoms with E-state index in [9.17, 15) is 20.4 Å². The minimum absolute atomic E-state index is 0.129. The van der Waals surface area contributed by atoms with Crippen LogP contribution in [0.15, 0.2) is 91.0 Å². The van der Waals surface area contributed by atoms with Crippen molar-refractivity contribution >= 4 is 5.84 Å². The maximum absolute atomic E-state index is 10.4. The second-order valence-corrected chi connectivity index (χ2v) is 12.0. The molecule has 5 rings (SSSR count). The average molecular weight is 629 g/mol. The van der Waals surface area contributed by atoms with Crippen molar-refractivity contribution in [1.82, 2.24) is 0 Å². The van der Waals surface area contributed by atoms with Crippen LogP contribution in [0.1, 0.15) is 48.6 Å². The predicted molar refractivity (Wildman–Crippen MR) is 172 cm³/mol. The molecule has 10 heteroatoms. The number of nitrogens with one attached hydrogen (secondary N) is 1. The highest BCUT2D eigenvalue weighted by molar-refractivity contribution is 5.97. The van der Waals surface area contributed by atoms with Gasteiger partial charge in [-0.05, 0) is 71.6 Å². The fourth-order valence-electron chi connectivity index (χ4n) is 5.30. The fourth-order valence-corrected chi connectivity index (χ4v) is 5.30. The van der Waals surface area contributed by atoms with Gasteiger partial charge in [0.25, 0.3) is 0 Å². The lowest BCUT2D eigenvalue weighted by molar-refractivity contribution is -0.268. The minimum atomic E-state index is -1.52. The van der Waals surface area contributed by atoms with Gasteiger partial charge in [0.05, 0.1) is 11.7 Å². The molecule has 46 heavy (non-hydrogen) atoms. The third-order valence-corrected chi connectivity index (χ3v) is 8.26. The zero-order chi connectivity index (χ0) is 33.0. The van der Waals surface area contributed by atoms with Crippen LogP contribution in [-0.2, 0) is 23.4 Å². The Kier molecular flexibility index (Phi) is 9.83. The summed E-state index contributed by atoms with van der Waals surface area (Å²) >= 11 is 0. The van der Waals surface area contributed by atoms with Crippen molar-refractivity contribution in [3.05, 3.63) is 119 Å². The van der Waals surface area contributed by atoms with E-state index < -0.39 is 30.7 Å². The molecule has 1 fully saturated rings. The molecule has 7 N–H and O–H groups in total. The lowest BCUT2D eigenvalue weighted by Crippen LogP contribution is -2.58. The summed E-state index contributed by atoms with van der Waals surface area (Å²) in [4.78, 5) is 0. The van der Waals surface area contributed by atoms with Crippen LogP contribution in [0.25, 0.3) is 0 Å². The topological polar surface area (TPSA) is 168 Å². The number of ether oxygens (including phenoxy) is 4. The summed E-state index contributed by atoms with van der Waals surface area (Å²) in [6.45, 7) is 6.43. The maximum atomic E-state index is 10.4. The number of nitrogens with two attached hydrogens (primary N) is 1. The highest BCUT2D eigenvalue weighted by atomic mass is 16.7. The molecule has 1 aliphatic heterocycles. The normalized spacial score (nSPS) is 21.4. The average Bonchev–Trinajstić information content (AvgIpc) is 3.05. The summed E-state index contributed by atoms with van der Waals surface area (Å²) in [6.07, 6.45) is -6.33. The number of nitrogen functional groups attached to an aromatic ring is 1. The fraction of sp³-hybridized carbons (Fsp3) is 0.306. The van der Waals surface area contributed by atoms with E-state index in [0.29, 0.717) is 12.4 Å². The third kappa shape index (κ3) is 7.43. The number of benzene rings is 4. The smallest absolute Gasteiger partial charge is 0.229 e. The molecule has 0 spiro atoms. The molecule has 1 unspecified atom stereocenters. The van der Waals surface area contributed by atoms with Gasteiger partial charge in [-0.15, -0.1) is 0 Å². The van der Waals surface area contributed by atoms with E-state index >= 15 is 0 Å². The van der Waals surface area contributed by atoms with Crippen LogP contribution in [-0.4, -0.2) is 57.0 Å². The Morgan fingerprint density at radius 3 is 1.96 bits per heavy atom. The first-order valence-electron chi connectivity index (χ1n) is 15.0. The van der Waals surface area contributed by atoms with E-state index in [0.717, 1.165) is 28.0 Å². The van der Waals surface area contributed by atoms with Crippen molar-refractivity contribution in [3.63, 3.8) is 0 Å². The van der Waals surface area contributed by atoms with Gasteiger partial charge < -0.3 is 45.1 Å². The van der Waals surface area contributed by atoms with Crippen molar-refractivity contribution < 1.29 is 39.4 Å². The van der Waals surface area contributed by atoms with Gasteiger partial charge in [-0.25, -0.2) is 0 Å². The van der Waals surface area contributed by atoms with Crippen molar-refractivity contribution in [3.8, 4) is 23.0 Å². The Balaban J connectivity index is 1.20. The summed E-state index contributed by atoms with van der Waals surface area (Å²) < 4.78 is 23.4. The number of phenols is 1. The standard InChI is InChI=1S/C36H40N2O8/c1-21-31(40)32(41)33(42)35(45-21)46-30-18-28(15-16-29(30)34(37)38)44-20-23-6-4-5-22(17-23)19-43-27-13-9-25(10-14-27)36(2,3)24-7-11-26(39)12-8-24/h4-18,21,31-33,35,39-42H,19-20H2,1-3H3,(H3,37,38)/t21-,31-,32+,33-,35?/m1/s1. The van der Waals surface area contributed by atoms with Crippen LogP contribution in [0, 0.1) is 5.41 Å². The van der Waals surface area contributed by atoms with E-state index in [1.54, 1.807) is 31.2 Å². The number of hydrogen-bond acceptors (Lipinski definition) is 9. The number of aromatic hydroxyl groups is 1. The van der Waals surface area contributed by atoms with Gasteiger partial charge in [0, 0.05) is 11.5 Å².